The molecule has 0 spiro atoms. The highest BCUT2D eigenvalue weighted by molar-refractivity contribution is 9.10. The van der Waals surface area contributed by atoms with Gasteiger partial charge in [-0.3, -0.25) is 4.57 Å². The van der Waals surface area contributed by atoms with Crippen LogP contribution in [0.4, 0.5) is 8.78 Å². The van der Waals surface area contributed by atoms with Gasteiger partial charge in [0.1, 0.15) is 0 Å². The van der Waals surface area contributed by atoms with E-state index in [0.717, 1.165) is 11.6 Å². The lowest BCUT2D eigenvalue weighted by Gasteiger charge is -2.19. The minimum absolute atomic E-state index is 0.00269. The number of hydrogen-bond donors (Lipinski definition) is 3. The molecule has 0 unspecified atom stereocenters. The number of hydrogen-bond acceptors (Lipinski definition) is 4. The second-order valence-electron chi connectivity index (χ2n) is 7.18. The maximum Gasteiger partial charge on any atom is 0.399 e. The SMILES string of the molecule is C=C(/C=C\C(=C/C)CSCc1ccc(C(F)(F)P(=O)(O)O)c(Br)c1)/C(C)=C/C(=C\C)S(N)(=O)=O. The standard InChI is InChI=1S/C22H27BrF2NO5PS2/c1-5-17(8-7-15(3)16(4)11-19(6-2)34(26,30)31)13-33-14-18-9-10-20(21(23)12-18)22(24,25)32(27,28)29/h5-12H,3,13-14H2,1-2,4H3,(H2,26,30,31)(H2,27,28,29)/b8-7-,16-11+,17-5+,19-6+. The number of halogens is 3. The summed E-state index contributed by atoms with van der Waals surface area (Å²) in [5, 5.41) is 5.17. The van der Waals surface area contributed by atoms with E-state index in [0.29, 0.717) is 28.2 Å². The second kappa shape index (κ2) is 12.6. The molecular formula is C22H27BrF2NO5PS2. The first kappa shape index (κ1) is 30.7. The van der Waals surface area contributed by atoms with Gasteiger partial charge in [0, 0.05) is 21.5 Å². The largest absolute Gasteiger partial charge is 0.399 e. The van der Waals surface area contributed by atoms with Crippen molar-refractivity contribution < 1.29 is 31.6 Å². The molecule has 0 saturated carbocycles. The number of benzene rings is 1. The van der Waals surface area contributed by atoms with Crippen molar-refractivity contribution >= 4 is 45.3 Å². The van der Waals surface area contributed by atoms with E-state index in [1.54, 1.807) is 19.9 Å². The van der Waals surface area contributed by atoms with Crippen LogP contribution in [0.5, 0.6) is 0 Å². The molecule has 0 bridgehead atoms. The maximum absolute atomic E-state index is 14.0. The molecule has 1 aromatic rings. The van der Waals surface area contributed by atoms with E-state index in [1.165, 1.54) is 36.0 Å². The van der Waals surface area contributed by atoms with Crippen molar-refractivity contribution in [2.24, 2.45) is 5.14 Å². The van der Waals surface area contributed by atoms with Gasteiger partial charge in [-0.1, -0.05) is 58.9 Å². The quantitative estimate of drug-likeness (QED) is 0.209. The topological polar surface area (TPSA) is 118 Å². The van der Waals surface area contributed by atoms with E-state index < -0.39 is 28.8 Å². The van der Waals surface area contributed by atoms with Crippen LogP contribution in [0.3, 0.4) is 0 Å². The predicted octanol–water partition coefficient (Wildman–Crippen LogP) is 6.11. The Kier molecular flexibility index (Phi) is 11.4. The van der Waals surface area contributed by atoms with Gasteiger partial charge in [0.15, 0.2) is 0 Å². The average Bonchev–Trinajstić information content (AvgIpc) is 2.72. The van der Waals surface area contributed by atoms with Crippen LogP contribution in [-0.4, -0.2) is 24.0 Å². The number of sulfonamides is 1. The molecule has 0 aliphatic rings. The Bertz CT molecular complexity index is 1200. The monoisotopic (exact) mass is 597 g/mol. The fourth-order valence-corrected chi connectivity index (χ4v) is 5.56. The van der Waals surface area contributed by atoms with Crippen LogP contribution in [0.25, 0.3) is 0 Å². The Morgan fingerprint density at radius 2 is 1.88 bits per heavy atom. The van der Waals surface area contributed by atoms with Crippen molar-refractivity contribution in [3.05, 3.63) is 92.4 Å². The van der Waals surface area contributed by atoms with Gasteiger partial charge in [-0.15, -0.1) is 0 Å². The first-order valence-corrected chi connectivity index (χ1v) is 14.8. The number of nitrogens with two attached hydrogens (primary N) is 1. The average molecular weight is 598 g/mol. The normalized spacial score (nSPS) is 14.7. The molecule has 0 aromatic heterocycles. The zero-order valence-corrected chi connectivity index (χ0v) is 22.9. The van der Waals surface area contributed by atoms with Gasteiger partial charge in [0.05, 0.1) is 4.91 Å². The van der Waals surface area contributed by atoms with Crippen LogP contribution >= 0.6 is 35.3 Å². The number of thioether (sulfide) groups is 1. The van der Waals surface area contributed by atoms with E-state index in [4.69, 9.17) is 14.9 Å². The van der Waals surface area contributed by atoms with Gasteiger partial charge < -0.3 is 9.79 Å². The molecule has 0 amide bonds. The molecule has 0 fully saturated rings. The Balaban J connectivity index is 2.82. The molecular weight excluding hydrogens is 571 g/mol. The minimum Gasteiger partial charge on any atom is -0.320 e. The van der Waals surface area contributed by atoms with Crippen LogP contribution in [0, 0.1) is 0 Å². The predicted molar refractivity (Wildman–Crippen MR) is 139 cm³/mol. The molecule has 0 aliphatic heterocycles. The zero-order chi connectivity index (χ0) is 26.3. The molecule has 1 aromatic carbocycles. The van der Waals surface area contributed by atoms with Crippen LogP contribution in [0.2, 0.25) is 0 Å². The Hall–Kier alpha value is -1.33. The number of allylic oxidation sites excluding steroid dienone is 7. The van der Waals surface area contributed by atoms with Gasteiger partial charge in [-0.2, -0.15) is 20.5 Å². The molecule has 0 heterocycles. The number of alkyl halides is 2. The molecule has 12 heteroatoms. The fraction of sp³-hybridized carbons (Fsp3) is 0.273. The van der Waals surface area contributed by atoms with Gasteiger partial charge in [0.2, 0.25) is 10.0 Å². The van der Waals surface area contributed by atoms with Crippen molar-refractivity contribution in [2.45, 2.75) is 32.2 Å². The lowest BCUT2D eigenvalue weighted by molar-refractivity contribution is 0.0557. The van der Waals surface area contributed by atoms with Crippen molar-refractivity contribution in [1.82, 2.24) is 0 Å². The Morgan fingerprint density at radius 1 is 1.26 bits per heavy atom. The van der Waals surface area contributed by atoms with Crippen LogP contribution < -0.4 is 5.14 Å². The summed E-state index contributed by atoms with van der Waals surface area (Å²) in [6.07, 6.45) is 8.36. The third-order valence-electron chi connectivity index (χ3n) is 4.61. The van der Waals surface area contributed by atoms with Crippen LogP contribution in [0.15, 0.2) is 81.3 Å². The van der Waals surface area contributed by atoms with E-state index in [-0.39, 0.29) is 9.38 Å². The molecule has 6 nitrogen and oxygen atoms in total. The third kappa shape index (κ3) is 8.71. The minimum atomic E-state index is -5.65. The molecule has 34 heavy (non-hydrogen) atoms. The molecule has 4 N–H and O–H groups in total. The Labute approximate surface area is 211 Å². The van der Waals surface area contributed by atoms with Crippen LogP contribution in [-0.2, 0) is 26.0 Å². The molecule has 188 valence electrons. The first-order valence-electron chi connectivity index (χ1n) is 9.74. The van der Waals surface area contributed by atoms with Gasteiger partial charge in [-0.05, 0) is 55.2 Å². The van der Waals surface area contributed by atoms with E-state index in [1.807, 2.05) is 19.1 Å². The number of primary sulfonamides is 1. The maximum atomic E-state index is 14.0. The van der Waals surface area contributed by atoms with Gasteiger partial charge >= 0.3 is 13.3 Å². The third-order valence-corrected chi connectivity index (χ3v) is 8.32. The summed E-state index contributed by atoms with van der Waals surface area (Å²) in [7, 11) is -9.46. The lowest BCUT2D eigenvalue weighted by atomic mass is 10.1. The summed E-state index contributed by atoms with van der Waals surface area (Å²) < 4.78 is 62.0. The van der Waals surface area contributed by atoms with E-state index >= 15 is 0 Å². The van der Waals surface area contributed by atoms with Gasteiger partial charge in [-0.25, -0.2) is 13.6 Å². The highest BCUT2D eigenvalue weighted by Gasteiger charge is 2.51. The van der Waals surface area contributed by atoms with Crippen molar-refractivity contribution in [1.29, 1.82) is 0 Å². The summed E-state index contributed by atoms with van der Waals surface area (Å²) in [5.74, 6) is 1.07. The number of rotatable bonds is 11. The van der Waals surface area contributed by atoms with Gasteiger partial charge in [0.25, 0.3) is 0 Å². The molecule has 0 atom stereocenters. The smallest absolute Gasteiger partial charge is 0.320 e. The second-order valence-corrected chi connectivity index (χ2v) is 12.2. The summed E-state index contributed by atoms with van der Waals surface area (Å²) in [6.45, 7) is 9.10. The summed E-state index contributed by atoms with van der Waals surface area (Å²) in [4.78, 5) is 17.8. The van der Waals surface area contributed by atoms with Crippen molar-refractivity contribution in [2.75, 3.05) is 5.75 Å². The van der Waals surface area contributed by atoms with Crippen molar-refractivity contribution in [3.8, 4) is 0 Å². The Morgan fingerprint density at radius 3 is 2.35 bits per heavy atom. The molecule has 0 saturated heterocycles. The van der Waals surface area contributed by atoms with Crippen molar-refractivity contribution in [3.63, 3.8) is 0 Å². The first-order chi connectivity index (χ1) is 15.5. The highest BCUT2D eigenvalue weighted by Crippen LogP contribution is 2.60. The van der Waals surface area contributed by atoms with Crippen LogP contribution in [0.1, 0.15) is 31.9 Å². The zero-order valence-electron chi connectivity index (χ0n) is 18.8. The van der Waals surface area contributed by atoms with E-state index in [9.17, 15) is 21.8 Å². The van der Waals surface area contributed by atoms with E-state index in [2.05, 4.69) is 22.5 Å². The fourth-order valence-electron chi connectivity index (χ4n) is 2.54. The molecule has 1 rings (SSSR count). The molecule has 0 radical (unpaired) electrons. The lowest BCUT2D eigenvalue weighted by Crippen LogP contribution is -2.14. The summed E-state index contributed by atoms with van der Waals surface area (Å²) >= 11 is 4.49. The molecule has 0 aliphatic carbocycles. The summed E-state index contributed by atoms with van der Waals surface area (Å²) in [6, 6.07) is 3.83. The highest BCUT2D eigenvalue weighted by atomic mass is 79.9. The summed E-state index contributed by atoms with van der Waals surface area (Å²) in [5.41, 5.74) is -2.14.